The minimum absolute atomic E-state index is 0.0964. The summed E-state index contributed by atoms with van der Waals surface area (Å²) < 4.78 is 0.892. The molecule has 1 amide bonds. The summed E-state index contributed by atoms with van der Waals surface area (Å²) in [6, 6.07) is 6.06. The third-order valence-corrected chi connectivity index (χ3v) is 4.08. The number of rotatable bonds is 7. The Hall–Kier alpha value is -0.580. The van der Waals surface area contributed by atoms with Gasteiger partial charge >= 0.3 is 0 Å². The lowest BCUT2D eigenvalue weighted by Gasteiger charge is -2.11. The molecule has 0 heterocycles. The van der Waals surface area contributed by atoms with Crippen molar-refractivity contribution in [1.29, 1.82) is 0 Å². The molecule has 1 unspecified atom stereocenters. The topological polar surface area (TPSA) is 41.1 Å². The van der Waals surface area contributed by atoms with Crippen molar-refractivity contribution < 1.29 is 4.79 Å². The second-order valence-electron chi connectivity index (χ2n) is 4.55. The van der Waals surface area contributed by atoms with Gasteiger partial charge in [0, 0.05) is 30.0 Å². The monoisotopic (exact) mass is 346 g/mol. The molecule has 0 aromatic heterocycles. The summed E-state index contributed by atoms with van der Waals surface area (Å²) in [5.41, 5.74) is 1.14. The molecule has 0 fully saturated rings. The minimum Gasteiger partial charge on any atom is -0.354 e. The first-order valence-corrected chi connectivity index (χ1v) is 7.64. The van der Waals surface area contributed by atoms with E-state index in [-0.39, 0.29) is 11.9 Å². The Labute approximate surface area is 128 Å². The van der Waals surface area contributed by atoms with Gasteiger partial charge in [0.25, 0.3) is 0 Å². The predicted octanol–water partition coefficient (Wildman–Crippen LogP) is 3.50. The second-order valence-corrected chi connectivity index (χ2v) is 5.81. The first kappa shape index (κ1) is 16.5. The molecule has 19 heavy (non-hydrogen) atoms. The van der Waals surface area contributed by atoms with Crippen molar-refractivity contribution in [2.75, 3.05) is 6.54 Å². The molecule has 1 rings (SSSR count). The highest BCUT2D eigenvalue weighted by molar-refractivity contribution is 9.10. The van der Waals surface area contributed by atoms with E-state index < -0.39 is 0 Å². The third-order valence-electron chi connectivity index (χ3n) is 2.86. The number of halogens is 2. The molecule has 0 aliphatic heterocycles. The largest absolute Gasteiger partial charge is 0.354 e. The van der Waals surface area contributed by atoms with Crippen LogP contribution in [0.1, 0.15) is 32.3 Å². The van der Waals surface area contributed by atoms with E-state index in [1.807, 2.05) is 25.1 Å². The lowest BCUT2D eigenvalue weighted by atomic mass is 10.2. The fourth-order valence-corrected chi connectivity index (χ4v) is 2.08. The van der Waals surface area contributed by atoms with E-state index in [1.165, 1.54) is 0 Å². The maximum atomic E-state index is 11.5. The average Bonchev–Trinajstić information content (AvgIpc) is 2.38. The summed E-state index contributed by atoms with van der Waals surface area (Å²) in [6.45, 7) is 5.47. The van der Waals surface area contributed by atoms with Crippen molar-refractivity contribution in [2.24, 2.45) is 0 Å². The van der Waals surface area contributed by atoms with Crippen molar-refractivity contribution in [3.8, 4) is 0 Å². The number of amides is 1. The van der Waals surface area contributed by atoms with Gasteiger partial charge in [-0.15, -0.1) is 0 Å². The molecule has 0 radical (unpaired) electrons. The van der Waals surface area contributed by atoms with Crippen molar-refractivity contribution in [1.82, 2.24) is 10.6 Å². The maximum Gasteiger partial charge on any atom is 0.221 e. The zero-order valence-corrected chi connectivity index (χ0v) is 13.6. The molecule has 106 valence electrons. The highest BCUT2D eigenvalue weighted by atomic mass is 79.9. The van der Waals surface area contributed by atoms with Gasteiger partial charge in [-0.2, -0.15) is 0 Å². The minimum atomic E-state index is 0.0964. The number of carbonyl (C=O) groups is 1. The van der Waals surface area contributed by atoms with Crippen LogP contribution in [-0.4, -0.2) is 18.5 Å². The summed E-state index contributed by atoms with van der Waals surface area (Å²) >= 11 is 9.31. The Balaban J connectivity index is 2.23. The van der Waals surface area contributed by atoms with Gasteiger partial charge in [-0.3, -0.25) is 4.79 Å². The maximum absolute atomic E-state index is 11.5. The first-order valence-electron chi connectivity index (χ1n) is 6.47. The predicted molar refractivity (Wildman–Crippen MR) is 83.4 cm³/mol. The number of hydrogen-bond donors (Lipinski definition) is 2. The molecular weight excluding hydrogens is 328 g/mol. The number of carbonyl (C=O) groups excluding carboxylic acids is 1. The molecule has 5 heteroatoms. The molecule has 0 aliphatic carbocycles. The van der Waals surface area contributed by atoms with Crippen molar-refractivity contribution in [3.63, 3.8) is 0 Å². The van der Waals surface area contributed by atoms with Crippen LogP contribution in [0.2, 0.25) is 5.02 Å². The fourth-order valence-electron chi connectivity index (χ4n) is 1.53. The van der Waals surface area contributed by atoms with E-state index in [1.54, 1.807) is 0 Å². The summed E-state index contributed by atoms with van der Waals surface area (Å²) in [6.07, 6.45) is 1.46. The van der Waals surface area contributed by atoms with Crippen LogP contribution in [0.15, 0.2) is 22.7 Å². The molecule has 1 aromatic rings. The molecule has 0 bridgehead atoms. The van der Waals surface area contributed by atoms with E-state index in [0.717, 1.165) is 23.0 Å². The quantitative estimate of drug-likeness (QED) is 0.741. The van der Waals surface area contributed by atoms with Crippen LogP contribution in [0.4, 0.5) is 0 Å². The average molecular weight is 348 g/mol. The zero-order valence-electron chi connectivity index (χ0n) is 11.3. The van der Waals surface area contributed by atoms with Crippen molar-refractivity contribution in [3.05, 3.63) is 33.3 Å². The van der Waals surface area contributed by atoms with Crippen LogP contribution >= 0.6 is 27.5 Å². The summed E-state index contributed by atoms with van der Waals surface area (Å²) in [5, 5.41) is 6.89. The van der Waals surface area contributed by atoms with E-state index in [2.05, 4.69) is 33.5 Å². The second kappa shape index (κ2) is 8.56. The van der Waals surface area contributed by atoms with Gasteiger partial charge in [-0.05, 0) is 47.0 Å². The van der Waals surface area contributed by atoms with E-state index in [0.29, 0.717) is 18.0 Å². The van der Waals surface area contributed by atoms with Crippen LogP contribution in [-0.2, 0) is 11.3 Å². The Kier molecular flexibility index (Phi) is 7.42. The highest BCUT2D eigenvalue weighted by Crippen LogP contribution is 2.22. The van der Waals surface area contributed by atoms with Gasteiger partial charge in [-0.25, -0.2) is 0 Å². The Morgan fingerprint density at radius 1 is 1.47 bits per heavy atom. The van der Waals surface area contributed by atoms with Crippen LogP contribution < -0.4 is 10.6 Å². The number of hydrogen-bond acceptors (Lipinski definition) is 2. The first-order chi connectivity index (χ1) is 9.02. The molecule has 1 atom stereocenters. The standard InChI is InChI=1S/C14H20BrClN2O/c1-3-10(2)18-14(19)6-7-17-9-11-4-5-13(16)12(15)8-11/h4-5,8,10,17H,3,6-7,9H2,1-2H3,(H,18,19). The Morgan fingerprint density at radius 2 is 2.21 bits per heavy atom. The molecule has 0 saturated carbocycles. The molecule has 1 aromatic carbocycles. The SMILES string of the molecule is CCC(C)NC(=O)CCNCc1ccc(Cl)c(Br)c1. The van der Waals surface area contributed by atoms with Crippen molar-refractivity contribution >= 4 is 33.4 Å². The summed E-state index contributed by atoms with van der Waals surface area (Å²) in [7, 11) is 0. The van der Waals surface area contributed by atoms with Crippen LogP contribution in [0.3, 0.4) is 0 Å². The molecule has 0 aliphatic rings. The third kappa shape index (κ3) is 6.41. The fraction of sp³-hybridized carbons (Fsp3) is 0.500. The zero-order chi connectivity index (χ0) is 14.3. The van der Waals surface area contributed by atoms with Gasteiger partial charge < -0.3 is 10.6 Å². The molecule has 0 saturated heterocycles. The molecule has 2 N–H and O–H groups in total. The smallest absolute Gasteiger partial charge is 0.221 e. The number of nitrogens with one attached hydrogen (secondary N) is 2. The van der Waals surface area contributed by atoms with Gasteiger partial charge in [0.15, 0.2) is 0 Å². The normalized spacial score (nSPS) is 12.2. The summed E-state index contributed by atoms with van der Waals surface area (Å²) in [5.74, 6) is 0.0964. The molecule has 0 spiro atoms. The van der Waals surface area contributed by atoms with Gasteiger partial charge in [0.05, 0.1) is 5.02 Å². The number of benzene rings is 1. The Bertz CT molecular complexity index is 426. The lowest BCUT2D eigenvalue weighted by Crippen LogP contribution is -2.33. The molecular formula is C14H20BrClN2O. The van der Waals surface area contributed by atoms with Gasteiger partial charge in [0.2, 0.25) is 5.91 Å². The molecule has 3 nitrogen and oxygen atoms in total. The van der Waals surface area contributed by atoms with Crippen LogP contribution in [0.5, 0.6) is 0 Å². The highest BCUT2D eigenvalue weighted by Gasteiger charge is 2.04. The lowest BCUT2D eigenvalue weighted by molar-refractivity contribution is -0.121. The van der Waals surface area contributed by atoms with E-state index in [4.69, 9.17) is 11.6 Å². The van der Waals surface area contributed by atoms with Crippen LogP contribution in [0, 0.1) is 0 Å². The van der Waals surface area contributed by atoms with Crippen molar-refractivity contribution in [2.45, 2.75) is 39.3 Å². The van der Waals surface area contributed by atoms with Gasteiger partial charge in [0.1, 0.15) is 0 Å². The van der Waals surface area contributed by atoms with Gasteiger partial charge in [-0.1, -0.05) is 24.6 Å². The van der Waals surface area contributed by atoms with E-state index in [9.17, 15) is 4.79 Å². The van der Waals surface area contributed by atoms with E-state index >= 15 is 0 Å². The van der Waals surface area contributed by atoms with Crippen LogP contribution in [0.25, 0.3) is 0 Å². The Morgan fingerprint density at radius 3 is 2.84 bits per heavy atom. The summed E-state index contributed by atoms with van der Waals surface area (Å²) in [4.78, 5) is 11.5.